The van der Waals surface area contributed by atoms with Gasteiger partial charge in [0.25, 0.3) is 5.91 Å². The molecule has 1 heterocycles. The maximum Gasteiger partial charge on any atom is 0.253 e. The van der Waals surface area contributed by atoms with Crippen LogP contribution < -0.4 is 10.2 Å². The van der Waals surface area contributed by atoms with Crippen LogP contribution in [0.4, 0.5) is 5.69 Å². The standard InChI is InChI=1S/C20H22ClN3O2/c1-15(22-19(25)17-9-5-6-10-18(17)21)20(26)24-13-11-23(12-14-24)16-7-3-2-4-8-16/h2-10,15H,11-14H2,1H3,(H,22,25)/t15-/m1/s1. The van der Waals surface area contributed by atoms with Crippen molar-refractivity contribution in [3.63, 3.8) is 0 Å². The van der Waals surface area contributed by atoms with Gasteiger partial charge in [-0.25, -0.2) is 0 Å². The molecule has 136 valence electrons. The van der Waals surface area contributed by atoms with Crippen molar-refractivity contribution in [1.29, 1.82) is 0 Å². The lowest BCUT2D eigenvalue weighted by atomic mass is 10.1. The van der Waals surface area contributed by atoms with Gasteiger partial charge >= 0.3 is 0 Å². The molecule has 5 nitrogen and oxygen atoms in total. The van der Waals surface area contributed by atoms with Crippen molar-refractivity contribution in [2.75, 3.05) is 31.1 Å². The maximum absolute atomic E-state index is 12.7. The van der Waals surface area contributed by atoms with E-state index in [0.29, 0.717) is 23.7 Å². The first-order chi connectivity index (χ1) is 12.6. The minimum absolute atomic E-state index is 0.0712. The summed E-state index contributed by atoms with van der Waals surface area (Å²) < 4.78 is 0. The van der Waals surface area contributed by atoms with Gasteiger partial charge in [0.15, 0.2) is 0 Å². The summed E-state index contributed by atoms with van der Waals surface area (Å²) >= 11 is 6.04. The fourth-order valence-electron chi connectivity index (χ4n) is 3.08. The molecule has 0 bridgehead atoms. The van der Waals surface area contributed by atoms with Crippen molar-refractivity contribution in [2.45, 2.75) is 13.0 Å². The number of amides is 2. The first kappa shape index (κ1) is 18.3. The van der Waals surface area contributed by atoms with Gasteiger partial charge in [-0.15, -0.1) is 0 Å². The van der Waals surface area contributed by atoms with E-state index >= 15 is 0 Å². The number of benzene rings is 2. The summed E-state index contributed by atoms with van der Waals surface area (Å²) in [5.41, 5.74) is 1.54. The van der Waals surface area contributed by atoms with Crippen molar-refractivity contribution >= 4 is 29.1 Å². The number of carbonyl (C=O) groups is 2. The van der Waals surface area contributed by atoms with Gasteiger partial charge in [0.2, 0.25) is 5.91 Å². The Balaban J connectivity index is 1.55. The molecule has 1 N–H and O–H groups in total. The summed E-state index contributed by atoms with van der Waals surface area (Å²) in [6.45, 7) is 4.54. The SMILES string of the molecule is C[C@@H](NC(=O)c1ccccc1Cl)C(=O)N1CCN(c2ccccc2)CC1. The molecule has 2 aromatic rings. The zero-order chi connectivity index (χ0) is 18.5. The van der Waals surface area contributed by atoms with E-state index in [9.17, 15) is 9.59 Å². The molecule has 6 heteroatoms. The second-order valence-electron chi connectivity index (χ2n) is 6.32. The molecule has 0 aromatic heterocycles. The van der Waals surface area contributed by atoms with Crippen LogP contribution in [-0.4, -0.2) is 48.9 Å². The summed E-state index contributed by atoms with van der Waals surface area (Å²) in [4.78, 5) is 29.0. The molecule has 1 atom stereocenters. The number of para-hydroxylation sites is 1. The molecular weight excluding hydrogens is 350 g/mol. The first-order valence-electron chi connectivity index (χ1n) is 8.70. The average molecular weight is 372 g/mol. The van der Waals surface area contributed by atoms with Crippen molar-refractivity contribution in [3.8, 4) is 0 Å². The number of halogens is 1. The van der Waals surface area contributed by atoms with Crippen LogP contribution in [0, 0.1) is 0 Å². The zero-order valence-corrected chi connectivity index (χ0v) is 15.4. The van der Waals surface area contributed by atoms with E-state index in [4.69, 9.17) is 11.6 Å². The molecule has 0 aliphatic carbocycles. The number of nitrogens with zero attached hydrogens (tertiary/aromatic N) is 2. The largest absolute Gasteiger partial charge is 0.368 e. The van der Waals surface area contributed by atoms with Crippen molar-refractivity contribution < 1.29 is 9.59 Å². The Bertz CT molecular complexity index is 774. The highest BCUT2D eigenvalue weighted by molar-refractivity contribution is 6.33. The summed E-state index contributed by atoms with van der Waals surface area (Å²) in [6, 6.07) is 16.4. The third-order valence-electron chi connectivity index (χ3n) is 4.55. The monoisotopic (exact) mass is 371 g/mol. The summed E-state index contributed by atoms with van der Waals surface area (Å²) in [7, 11) is 0. The predicted molar refractivity (Wildman–Crippen MR) is 104 cm³/mol. The quantitative estimate of drug-likeness (QED) is 0.899. The average Bonchev–Trinajstić information content (AvgIpc) is 2.68. The zero-order valence-electron chi connectivity index (χ0n) is 14.7. The fourth-order valence-corrected chi connectivity index (χ4v) is 3.30. The van der Waals surface area contributed by atoms with Crippen LogP contribution in [-0.2, 0) is 4.79 Å². The molecule has 0 saturated carbocycles. The van der Waals surface area contributed by atoms with E-state index in [0.717, 1.165) is 13.1 Å². The number of nitrogens with one attached hydrogen (secondary N) is 1. The molecule has 0 unspecified atom stereocenters. The molecule has 1 fully saturated rings. The molecule has 26 heavy (non-hydrogen) atoms. The Morgan fingerprint density at radius 1 is 0.962 bits per heavy atom. The lowest BCUT2D eigenvalue weighted by molar-refractivity contribution is -0.133. The van der Waals surface area contributed by atoms with Crippen LogP contribution in [0.1, 0.15) is 17.3 Å². The normalized spacial score (nSPS) is 15.5. The van der Waals surface area contributed by atoms with Crippen molar-refractivity contribution in [3.05, 3.63) is 65.2 Å². The molecule has 0 radical (unpaired) electrons. The highest BCUT2D eigenvalue weighted by atomic mass is 35.5. The van der Waals surface area contributed by atoms with E-state index in [1.54, 1.807) is 36.1 Å². The number of piperazine rings is 1. The lowest BCUT2D eigenvalue weighted by Crippen LogP contribution is -2.54. The first-order valence-corrected chi connectivity index (χ1v) is 9.08. The second-order valence-corrected chi connectivity index (χ2v) is 6.73. The van der Waals surface area contributed by atoms with E-state index in [-0.39, 0.29) is 11.8 Å². The highest BCUT2D eigenvalue weighted by Crippen LogP contribution is 2.17. The fraction of sp³-hybridized carbons (Fsp3) is 0.300. The lowest BCUT2D eigenvalue weighted by Gasteiger charge is -2.37. The van der Waals surface area contributed by atoms with Gasteiger partial charge in [-0.3, -0.25) is 9.59 Å². The Labute approximate surface area is 158 Å². The van der Waals surface area contributed by atoms with E-state index in [1.807, 2.05) is 18.2 Å². The minimum Gasteiger partial charge on any atom is -0.368 e. The molecule has 1 aliphatic rings. The highest BCUT2D eigenvalue weighted by Gasteiger charge is 2.26. The Kier molecular flexibility index (Phi) is 5.78. The van der Waals surface area contributed by atoms with Crippen LogP contribution in [0.15, 0.2) is 54.6 Å². The molecule has 2 amide bonds. The molecule has 2 aromatic carbocycles. The van der Waals surface area contributed by atoms with E-state index < -0.39 is 6.04 Å². The van der Waals surface area contributed by atoms with Gasteiger partial charge in [0.1, 0.15) is 6.04 Å². The molecule has 1 saturated heterocycles. The Morgan fingerprint density at radius 3 is 2.23 bits per heavy atom. The van der Waals surface area contributed by atoms with Gasteiger partial charge in [-0.1, -0.05) is 41.9 Å². The van der Waals surface area contributed by atoms with Crippen LogP contribution in [0.3, 0.4) is 0 Å². The van der Waals surface area contributed by atoms with Gasteiger partial charge in [0, 0.05) is 31.9 Å². The van der Waals surface area contributed by atoms with E-state index in [1.165, 1.54) is 5.69 Å². The molecule has 3 rings (SSSR count). The van der Waals surface area contributed by atoms with Crippen LogP contribution in [0.5, 0.6) is 0 Å². The van der Waals surface area contributed by atoms with Gasteiger partial charge in [-0.2, -0.15) is 0 Å². The molecule has 1 aliphatic heterocycles. The summed E-state index contributed by atoms with van der Waals surface area (Å²) in [6.07, 6.45) is 0. The van der Waals surface area contributed by atoms with Crippen molar-refractivity contribution in [2.24, 2.45) is 0 Å². The Morgan fingerprint density at radius 2 is 1.58 bits per heavy atom. The molecular formula is C20H22ClN3O2. The van der Waals surface area contributed by atoms with Crippen LogP contribution in [0.25, 0.3) is 0 Å². The number of rotatable bonds is 4. The third-order valence-corrected chi connectivity index (χ3v) is 4.88. The topological polar surface area (TPSA) is 52.7 Å². The van der Waals surface area contributed by atoms with Gasteiger partial charge in [-0.05, 0) is 31.2 Å². The third kappa shape index (κ3) is 4.17. The smallest absolute Gasteiger partial charge is 0.253 e. The van der Waals surface area contributed by atoms with Crippen LogP contribution in [0.2, 0.25) is 5.02 Å². The van der Waals surface area contributed by atoms with Crippen LogP contribution >= 0.6 is 11.6 Å². The van der Waals surface area contributed by atoms with Crippen molar-refractivity contribution in [1.82, 2.24) is 10.2 Å². The number of hydrogen-bond acceptors (Lipinski definition) is 3. The maximum atomic E-state index is 12.7. The van der Waals surface area contributed by atoms with E-state index in [2.05, 4.69) is 22.3 Å². The summed E-state index contributed by atoms with van der Waals surface area (Å²) in [5.74, 6) is -0.405. The number of hydrogen-bond donors (Lipinski definition) is 1. The molecule has 0 spiro atoms. The van der Waals surface area contributed by atoms with Gasteiger partial charge < -0.3 is 15.1 Å². The van der Waals surface area contributed by atoms with Gasteiger partial charge in [0.05, 0.1) is 10.6 Å². The number of carbonyl (C=O) groups excluding carboxylic acids is 2. The Hall–Kier alpha value is -2.53. The summed E-state index contributed by atoms with van der Waals surface area (Å²) in [5, 5.41) is 3.12. The minimum atomic E-state index is -0.595. The number of anilines is 1. The predicted octanol–water partition coefficient (Wildman–Crippen LogP) is 2.81. The second kappa shape index (κ2) is 8.23.